The van der Waals surface area contributed by atoms with E-state index in [2.05, 4.69) is 16.7 Å². The van der Waals surface area contributed by atoms with E-state index in [9.17, 15) is 4.79 Å². The zero-order valence-electron chi connectivity index (χ0n) is 15.1. The zero-order valence-corrected chi connectivity index (χ0v) is 15.1. The van der Waals surface area contributed by atoms with E-state index in [0.29, 0.717) is 25.3 Å². The molecule has 6 nitrogen and oxygen atoms in total. The van der Waals surface area contributed by atoms with Gasteiger partial charge in [-0.2, -0.15) is 5.26 Å². The first-order chi connectivity index (χ1) is 13.2. The topological polar surface area (TPSA) is 83.4 Å². The number of nitriles is 1. The van der Waals surface area contributed by atoms with Crippen LogP contribution in [0, 0.1) is 11.3 Å². The number of benzene rings is 2. The molecule has 1 aliphatic rings. The molecule has 1 unspecified atom stereocenters. The second-order valence-corrected chi connectivity index (χ2v) is 6.44. The summed E-state index contributed by atoms with van der Waals surface area (Å²) < 4.78 is 11.3. The van der Waals surface area contributed by atoms with E-state index >= 15 is 0 Å². The van der Waals surface area contributed by atoms with Crippen LogP contribution in [0.5, 0.6) is 5.75 Å². The summed E-state index contributed by atoms with van der Waals surface area (Å²) in [5.74, 6) is 0.740. The summed E-state index contributed by atoms with van der Waals surface area (Å²) in [5, 5.41) is 14.4. The summed E-state index contributed by atoms with van der Waals surface area (Å²) in [6, 6.07) is 16.9. The van der Waals surface area contributed by atoms with Crippen molar-refractivity contribution in [2.75, 3.05) is 18.5 Å². The Bertz CT molecular complexity index is 793. The summed E-state index contributed by atoms with van der Waals surface area (Å²) in [6.07, 6.45) is 2.56. The van der Waals surface area contributed by atoms with E-state index in [1.165, 1.54) is 0 Å². The Balaban J connectivity index is 1.47. The van der Waals surface area contributed by atoms with Crippen molar-refractivity contribution in [2.24, 2.45) is 0 Å². The van der Waals surface area contributed by atoms with Crippen LogP contribution in [-0.2, 0) is 17.8 Å². The number of nitrogens with zero attached hydrogens (tertiary/aromatic N) is 1. The number of anilines is 1. The van der Waals surface area contributed by atoms with Gasteiger partial charge >= 0.3 is 6.03 Å². The fraction of sp³-hybridized carbons (Fsp3) is 0.333. The van der Waals surface area contributed by atoms with Crippen molar-refractivity contribution in [3.05, 3.63) is 59.7 Å². The van der Waals surface area contributed by atoms with Gasteiger partial charge in [-0.25, -0.2) is 4.79 Å². The first-order valence-corrected chi connectivity index (χ1v) is 9.07. The van der Waals surface area contributed by atoms with E-state index in [4.69, 9.17) is 14.7 Å². The number of amides is 2. The molecular formula is C21H23N3O3. The number of hydrogen-bond donors (Lipinski definition) is 2. The number of urea groups is 1. The van der Waals surface area contributed by atoms with Crippen LogP contribution < -0.4 is 15.4 Å². The number of carbonyl (C=O) groups excluding carboxylic acids is 1. The third-order valence-electron chi connectivity index (χ3n) is 4.31. The largest absolute Gasteiger partial charge is 0.489 e. The van der Waals surface area contributed by atoms with Gasteiger partial charge in [0.05, 0.1) is 18.6 Å². The summed E-state index contributed by atoms with van der Waals surface area (Å²) >= 11 is 0. The molecule has 0 spiro atoms. The van der Waals surface area contributed by atoms with Crippen LogP contribution in [0.4, 0.5) is 10.5 Å². The maximum atomic E-state index is 12.0. The molecule has 6 heteroatoms. The lowest BCUT2D eigenvalue weighted by Gasteiger charge is -2.12. The van der Waals surface area contributed by atoms with Gasteiger partial charge < -0.3 is 20.1 Å². The molecule has 1 atom stereocenters. The Hall–Kier alpha value is -3.04. The predicted octanol–water partition coefficient (Wildman–Crippen LogP) is 3.63. The molecule has 27 heavy (non-hydrogen) atoms. The molecule has 2 aromatic rings. The molecule has 0 bridgehead atoms. The highest BCUT2D eigenvalue weighted by molar-refractivity contribution is 5.89. The van der Waals surface area contributed by atoms with E-state index < -0.39 is 0 Å². The standard InChI is InChI=1S/C21H23N3O3/c22-11-10-16-6-8-19(9-7-16)27-15-17-3-1-4-18(13-17)24-21(25)23-14-20-5-2-12-26-20/h1,3-4,6-9,13,20H,2,5,10,12,14-15H2,(H2,23,24,25). The molecule has 1 heterocycles. The molecule has 0 aromatic heterocycles. The normalized spacial score (nSPS) is 15.7. The molecular weight excluding hydrogens is 342 g/mol. The second-order valence-electron chi connectivity index (χ2n) is 6.44. The van der Waals surface area contributed by atoms with Crippen LogP contribution in [0.2, 0.25) is 0 Å². The minimum Gasteiger partial charge on any atom is -0.489 e. The van der Waals surface area contributed by atoms with Gasteiger partial charge in [-0.1, -0.05) is 24.3 Å². The Morgan fingerprint density at radius 1 is 1.22 bits per heavy atom. The van der Waals surface area contributed by atoms with Gasteiger partial charge in [-0.3, -0.25) is 0 Å². The lowest BCUT2D eigenvalue weighted by Crippen LogP contribution is -2.35. The molecule has 2 amide bonds. The van der Waals surface area contributed by atoms with Gasteiger partial charge in [0.15, 0.2) is 0 Å². The van der Waals surface area contributed by atoms with Crippen molar-refractivity contribution in [1.29, 1.82) is 5.26 Å². The van der Waals surface area contributed by atoms with Crippen molar-refractivity contribution in [3.63, 3.8) is 0 Å². The maximum absolute atomic E-state index is 12.0. The lowest BCUT2D eigenvalue weighted by molar-refractivity contribution is 0.112. The van der Waals surface area contributed by atoms with Crippen molar-refractivity contribution in [1.82, 2.24) is 5.32 Å². The van der Waals surface area contributed by atoms with Crippen LogP contribution in [0.1, 0.15) is 24.0 Å². The lowest BCUT2D eigenvalue weighted by atomic mass is 10.1. The first-order valence-electron chi connectivity index (χ1n) is 9.07. The maximum Gasteiger partial charge on any atom is 0.319 e. The Labute approximate surface area is 159 Å². The Morgan fingerprint density at radius 2 is 2.07 bits per heavy atom. The minimum atomic E-state index is -0.239. The van der Waals surface area contributed by atoms with Gasteiger partial charge in [-0.05, 0) is 48.2 Å². The average molecular weight is 365 g/mol. The SMILES string of the molecule is N#CCc1ccc(OCc2cccc(NC(=O)NCC3CCCO3)c2)cc1. The van der Waals surface area contributed by atoms with Gasteiger partial charge in [0, 0.05) is 18.8 Å². The number of nitrogens with one attached hydrogen (secondary N) is 2. The second kappa shape index (κ2) is 9.60. The molecule has 1 saturated heterocycles. The molecule has 2 N–H and O–H groups in total. The van der Waals surface area contributed by atoms with Crippen molar-refractivity contribution in [2.45, 2.75) is 32.0 Å². The van der Waals surface area contributed by atoms with E-state index in [1.54, 1.807) is 0 Å². The molecule has 0 radical (unpaired) electrons. The van der Waals surface area contributed by atoms with Crippen LogP contribution in [0.15, 0.2) is 48.5 Å². The van der Waals surface area contributed by atoms with Gasteiger partial charge in [0.1, 0.15) is 12.4 Å². The predicted molar refractivity (Wildman–Crippen MR) is 103 cm³/mol. The zero-order chi connectivity index (χ0) is 18.9. The summed E-state index contributed by atoms with van der Waals surface area (Å²) in [7, 11) is 0. The van der Waals surface area contributed by atoms with E-state index in [-0.39, 0.29) is 12.1 Å². The van der Waals surface area contributed by atoms with Crippen LogP contribution in [0.25, 0.3) is 0 Å². The highest BCUT2D eigenvalue weighted by atomic mass is 16.5. The molecule has 3 rings (SSSR count). The quantitative estimate of drug-likeness (QED) is 0.785. The molecule has 0 aliphatic carbocycles. The third kappa shape index (κ3) is 6.01. The number of hydrogen-bond acceptors (Lipinski definition) is 4. The average Bonchev–Trinajstić information content (AvgIpc) is 3.20. The summed E-state index contributed by atoms with van der Waals surface area (Å²) in [4.78, 5) is 12.0. The van der Waals surface area contributed by atoms with Crippen LogP contribution in [-0.4, -0.2) is 25.3 Å². The van der Waals surface area contributed by atoms with Crippen LogP contribution in [0.3, 0.4) is 0 Å². The van der Waals surface area contributed by atoms with Crippen molar-refractivity contribution in [3.8, 4) is 11.8 Å². The van der Waals surface area contributed by atoms with E-state index in [0.717, 1.165) is 36.3 Å². The summed E-state index contributed by atoms with van der Waals surface area (Å²) in [6.45, 7) is 1.69. The highest BCUT2D eigenvalue weighted by Gasteiger charge is 2.16. The summed E-state index contributed by atoms with van der Waals surface area (Å²) in [5.41, 5.74) is 2.63. The third-order valence-corrected chi connectivity index (χ3v) is 4.31. The fourth-order valence-corrected chi connectivity index (χ4v) is 2.89. The smallest absolute Gasteiger partial charge is 0.319 e. The molecule has 0 saturated carbocycles. The molecule has 140 valence electrons. The monoisotopic (exact) mass is 365 g/mol. The van der Waals surface area contributed by atoms with Crippen molar-refractivity contribution >= 4 is 11.7 Å². The van der Waals surface area contributed by atoms with Gasteiger partial charge in [0.2, 0.25) is 0 Å². The fourth-order valence-electron chi connectivity index (χ4n) is 2.89. The minimum absolute atomic E-state index is 0.120. The molecule has 1 fully saturated rings. The van der Waals surface area contributed by atoms with Crippen molar-refractivity contribution < 1.29 is 14.3 Å². The number of rotatable bonds is 7. The van der Waals surface area contributed by atoms with Gasteiger partial charge in [-0.15, -0.1) is 0 Å². The van der Waals surface area contributed by atoms with Crippen LogP contribution >= 0.6 is 0 Å². The van der Waals surface area contributed by atoms with E-state index in [1.807, 2.05) is 48.5 Å². The number of ether oxygens (including phenoxy) is 2. The first kappa shape index (κ1) is 18.7. The Kier molecular flexibility index (Phi) is 6.66. The molecule has 1 aliphatic heterocycles. The molecule has 2 aromatic carbocycles. The van der Waals surface area contributed by atoms with Gasteiger partial charge in [0.25, 0.3) is 0 Å². The number of carbonyl (C=O) groups is 1. The highest BCUT2D eigenvalue weighted by Crippen LogP contribution is 2.17. The Morgan fingerprint density at radius 3 is 2.81 bits per heavy atom.